The standard InChI is InChI=1S/C7H8NO.H2O/c1-8-4-2-7(6-9)3-5-8;/h2-6H,1H3;1H2/q+1;/p-1. The van der Waals surface area contributed by atoms with Crippen LogP contribution in [0.2, 0.25) is 0 Å². The molecule has 0 bridgehead atoms. The number of carbonyl (C=O) groups excluding carboxylic acids is 1. The second-order valence-electron chi connectivity index (χ2n) is 1.91. The molecule has 3 nitrogen and oxygen atoms in total. The second kappa shape index (κ2) is 3.74. The Hall–Kier alpha value is -1.22. The Morgan fingerprint density at radius 3 is 2.30 bits per heavy atom. The third kappa shape index (κ3) is 1.95. The minimum absolute atomic E-state index is 0. The summed E-state index contributed by atoms with van der Waals surface area (Å²) in [5.41, 5.74) is 0.716. The molecule has 1 rings (SSSR count). The Morgan fingerprint density at radius 1 is 1.40 bits per heavy atom. The maximum Gasteiger partial charge on any atom is 0.169 e. The van der Waals surface area contributed by atoms with Crippen molar-refractivity contribution >= 4 is 6.29 Å². The zero-order chi connectivity index (χ0) is 6.69. The van der Waals surface area contributed by atoms with Crippen LogP contribution in [0.15, 0.2) is 24.5 Å². The number of aromatic nitrogens is 1. The topological polar surface area (TPSA) is 51.0 Å². The maximum atomic E-state index is 10.1. The van der Waals surface area contributed by atoms with Gasteiger partial charge in [-0.25, -0.2) is 4.57 Å². The second-order valence-corrected chi connectivity index (χ2v) is 1.91. The molecule has 1 N–H and O–H groups in total. The monoisotopic (exact) mass is 139 g/mol. The van der Waals surface area contributed by atoms with Crippen LogP contribution >= 0.6 is 0 Å². The fraction of sp³-hybridized carbons (Fsp3) is 0.143. The van der Waals surface area contributed by atoms with E-state index in [0.717, 1.165) is 6.29 Å². The van der Waals surface area contributed by atoms with Crippen molar-refractivity contribution in [3.63, 3.8) is 0 Å². The van der Waals surface area contributed by atoms with Crippen molar-refractivity contribution < 1.29 is 14.8 Å². The quantitative estimate of drug-likeness (QED) is 0.410. The van der Waals surface area contributed by atoms with Crippen LogP contribution in [0.3, 0.4) is 0 Å². The van der Waals surface area contributed by atoms with Crippen LogP contribution in [0, 0.1) is 0 Å². The summed E-state index contributed by atoms with van der Waals surface area (Å²) in [5.74, 6) is 0. The van der Waals surface area contributed by atoms with Gasteiger partial charge in [-0.3, -0.25) is 4.79 Å². The largest absolute Gasteiger partial charge is 0.870 e. The van der Waals surface area contributed by atoms with Crippen LogP contribution in [0.5, 0.6) is 0 Å². The highest BCUT2D eigenvalue weighted by Gasteiger charge is 1.90. The first-order valence-corrected chi connectivity index (χ1v) is 2.73. The highest BCUT2D eigenvalue weighted by molar-refractivity contribution is 5.73. The summed E-state index contributed by atoms with van der Waals surface area (Å²) in [6, 6.07) is 3.54. The number of carbonyl (C=O) groups is 1. The van der Waals surface area contributed by atoms with Crippen LogP contribution in [0.1, 0.15) is 10.4 Å². The summed E-state index contributed by atoms with van der Waals surface area (Å²) in [6.07, 6.45) is 4.51. The van der Waals surface area contributed by atoms with Gasteiger partial charge in [0.05, 0.1) is 0 Å². The van der Waals surface area contributed by atoms with Crippen molar-refractivity contribution in [2.45, 2.75) is 0 Å². The van der Waals surface area contributed by atoms with Gasteiger partial charge in [0.1, 0.15) is 7.05 Å². The van der Waals surface area contributed by atoms with Crippen molar-refractivity contribution in [2.75, 3.05) is 0 Å². The molecule has 0 amide bonds. The average Bonchev–Trinajstić information content (AvgIpc) is 1.90. The normalized spacial score (nSPS) is 8.10. The van der Waals surface area contributed by atoms with Crippen LogP contribution < -0.4 is 4.57 Å². The average molecular weight is 139 g/mol. The van der Waals surface area contributed by atoms with Gasteiger partial charge in [-0.05, 0) is 0 Å². The molecule has 1 heterocycles. The fourth-order valence-electron chi connectivity index (χ4n) is 0.591. The van der Waals surface area contributed by atoms with E-state index in [2.05, 4.69) is 0 Å². The zero-order valence-corrected chi connectivity index (χ0v) is 5.69. The Balaban J connectivity index is 0.000000810. The van der Waals surface area contributed by atoms with Gasteiger partial charge in [0.15, 0.2) is 18.7 Å². The number of hydrogen-bond donors (Lipinski definition) is 0. The molecule has 0 radical (unpaired) electrons. The number of aldehydes is 1. The first-order chi connectivity index (χ1) is 4.33. The van der Waals surface area contributed by atoms with Gasteiger partial charge in [-0.1, -0.05) is 0 Å². The Bertz CT molecular complexity index is 205. The van der Waals surface area contributed by atoms with E-state index in [-0.39, 0.29) is 5.48 Å². The Kier molecular flexibility index (Phi) is 3.28. The molecule has 0 aliphatic carbocycles. The molecular formula is C7H9NO2. The van der Waals surface area contributed by atoms with Crippen LogP contribution in [-0.4, -0.2) is 11.8 Å². The lowest BCUT2D eigenvalue weighted by molar-refractivity contribution is -0.671. The zero-order valence-electron chi connectivity index (χ0n) is 5.69. The van der Waals surface area contributed by atoms with Gasteiger partial charge in [0, 0.05) is 17.7 Å². The van der Waals surface area contributed by atoms with Gasteiger partial charge < -0.3 is 5.48 Å². The number of hydrogen-bond acceptors (Lipinski definition) is 2. The highest BCUT2D eigenvalue weighted by Crippen LogP contribution is 1.86. The lowest BCUT2D eigenvalue weighted by Gasteiger charge is -1.84. The number of nitrogens with zero attached hydrogens (tertiary/aromatic N) is 1. The van der Waals surface area contributed by atoms with Crippen LogP contribution in [0.4, 0.5) is 0 Å². The van der Waals surface area contributed by atoms with E-state index < -0.39 is 0 Å². The van der Waals surface area contributed by atoms with Crippen molar-refractivity contribution in [1.29, 1.82) is 0 Å². The molecule has 0 saturated carbocycles. The summed E-state index contributed by atoms with van der Waals surface area (Å²) < 4.78 is 1.88. The van der Waals surface area contributed by atoms with Gasteiger partial charge in [-0.2, -0.15) is 0 Å². The number of aryl methyl sites for hydroxylation is 1. The molecular weight excluding hydrogens is 130 g/mol. The summed E-state index contributed by atoms with van der Waals surface area (Å²) in [7, 11) is 1.91. The molecule has 10 heavy (non-hydrogen) atoms. The minimum atomic E-state index is 0. The predicted octanol–water partition coefficient (Wildman–Crippen LogP) is 0.147. The Morgan fingerprint density at radius 2 is 1.90 bits per heavy atom. The van der Waals surface area contributed by atoms with Crippen molar-refractivity contribution in [1.82, 2.24) is 0 Å². The Labute approximate surface area is 59.2 Å². The fourth-order valence-corrected chi connectivity index (χ4v) is 0.591. The molecule has 1 aromatic rings. The first-order valence-electron chi connectivity index (χ1n) is 2.73. The van der Waals surface area contributed by atoms with Crippen LogP contribution in [0.25, 0.3) is 0 Å². The van der Waals surface area contributed by atoms with Gasteiger partial charge in [0.25, 0.3) is 0 Å². The summed E-state index contributed by atoms with van der Waals surface area (Å²) in [4.78, 5) is 10.1. The molecule has 0 fully saturated rings. The SMILES string of the molecule is C[n+]1ccc(C=O)cc1.[OH-]. The van der Waals surface area contributed by atoms with E-state index in [9.17, 15) is 4.79 Å². The molecule has 0 aliphatic heterocycles. The first kappa shape index (κ1) is 8.78. The van der Waals surface area contributed by atoms with E-state index in [4.69, 9.17) is 0 Å². The van der Waals surface area contributed by atoms with Gasteiger partial charge in [0.2, 0.25) is 0 Å². The molecule has 0 unspecified atom stereocenters. The molecule has 0 aromatic carbocycles. The van der Waals surface area contributed by atoms with E-state index in [0.29, 0.717) is 5.56 Å². The van der Waals surface area contributed by atoms with Gasteiger partial charge >= 0.3 is 0 Å². The van der Waals surface area contributed by atoms with Crippen LogP contribution in [-0.2, 0) is 7.05 Å². The van der Waals surface area contributed by atoms with Crippen molar-refractivity contribution in [3.05, 3.63) is 30.1 Å². The summed E-state index contributed by atoms with van der Waals surface area (Å²) in [6.45, 7) is 0. The molecule has 3 heteroatoms. The lowest BCUT2D eigenvalue weighted by atomic mass is 10.3. The lowest BCUT2D eigenvalue weighted by Crippen LogP contribution is -2.25. The van der Waals surface area contributed by atoms with E-state index in [1.54, 1.807) is 12.1 Å². The van der Waals surface area contributed by atoms with Crippen molar-refractivity contribution in [2.24, 2.45) is 7.05 Å². The van der Waals surface area contributed by atoms with E-state index >= 15 is 0 Å². The molecule has 0 aliphatic rings. The smallest absolute Gasteiger partial charge is 0.169 e. The number of rotatable bonds is 1. The highest BCUT2D eigenvalue weighted by atomic mass is 16.1. The molecule has 0 saturated heterocycles. The molecule has 0 atom stereocenters. The number of pyridine rings is 1. The third-order valence-electron chi connectivity index (χ3n) is 1.14. The van der Waals surface area contributed by atoms with E-state index in [1.165, 1.54) is 0 Å². The molecule has 0 spiro atoms. The van der Waals surface area contributed by atoms with Crippen molar-refractivity contribution in [3.8, 4) is 0 Å². The maximum absolute atomic E-state index is 10.1. The minimum Gasteiger partial charge on any atom is -0.870 e. The molecule has 54 valence electrons. The molecule has 1 aromatic heterocycles. The third-order valence-corrected chi connectivity index (χ3v) is 1.14. The van der Waals surface area contributed by atoms with E-state index in [1.807, 2.05) is 24.0 Å². The summed E-state index contributed by atoms with van der Waals surface area (Å²) in [5, 5.41) is 0. The van der Waals surface area contributed by atoms with Gasteiger partial charge in [-0.15, -0.1) is 0 Å². The predicted molar refractivity (Wildman–Crippen MR) is 34.9 cm³/mol. The summed E-state index contributed by atoms with van der Waals surface area (Å²) >= 11 is 0.